The first-order valence-electron chi connectivity index (χ1n) is 5.55. The molecule has 5 heteroatoms. The van der Waals surface area contributed by atoms with E-state index in [2.05, 4.69) is 10.3 Å². The number of nitrogens with zero attached hydrogens (tertiary/aromatic N) is 1. The zero-order valence-corrected chi connectivity index (χ0v) is 10.2. The van der Waals surface area contributed by atoms with Gasteiger partial charge >= 0.3 is 5.97 Å². The van der Waals surface area contributed by atoms with Gasteiger partial charge in [-0.15, -0.1) is 0 Å². The van der Waals surface area contributed by atoms with Crippen LogP contribution in [-0.4, -0.2) is 16.1 Å². The molecule has 94 valence electrons. The van der Waals surface area contributed by atoms with Crippen molar-refractivity contribution in [2.75, 3.05) is 5.32 Å². The number of aromatic nitrogens is 1. The number of carboxylic acid groups (broad SMARTS) is 1. The van der Waals surface area contributed by atoms with Gasteiger partial charge in [-0.2, -0.15) is 0 Å². The Morgan fingerprint density at radius 1 is 1.44 bits per heavy atom. The molecule has 0 fully saturated rings. The molecule has 0 unspecified atom stereocenters. The zero-order valence-electron chi connectivity index (χ0n) is 10.2. The summed E-state index contributed by atoms with van der Waals surface area (Å²) in [7, 11) is 0. The van der Waals surface area contributed by atoms with Crippen molar-refractivity contribution in [3.8, 4) is 0 Å². The van der Waals surface area contributed by atoms with Gasteiger partial charge in [-0.3, -0.25) is 0 Å². The molecule has 0 saturated heterocycles. The summed E-state index contributed by atoms with van der Waals surface area (Å²) in [5, 5.41) is 12.0. The lowest BCUT2D eigenvalue weighted by atomic mass is 10.1. The van der Waals surface area contributed by atoms with Gasteiger partial charge in [0.2, 0.25) is 5.89 Å². The van der Waals surface area contributed by atoms with E-state index in [1.54, 1.807) is 24.4 Å². The summed E-state index contributed by atoms with van der Waals surface area (Å²) in [6, 6.07) is 4.94. The van der Waals surface area contributed by atoms with Gasteiger partial charge in [-0.25, -0.2) is 9.78 Å². The van der Waals surface area contributed by atoms with E-state index in [9.17, 15) is 4.79 Å². The number of aryl methyl sites for hydroxylation is 2. The monoisotopic (exact) mass is 246 g/mol. The Morgan fingerprint density at radius 3 is 2.78 bits per heavy atom. The molecule has 5 nitrogen and oxygen atoms in total. The fourth-order valence-corrected chi connectivity index (χ4v) is 1.65. The maximum Gasteiger partial charge on any atom is 0.335 e. The largest absolute Gasteiger partial charge is 0.478 e. The highest BCUT2D eigenvalue weighted by atomic mass is 16.4. The van der Waals surface area contributed by atoms with E-state index in [-0.39, 0.29) is 5.56 Å². The number of oxazole rings is 1. The summed E-state index contributed by atoms with van der Waals surface area (Å²) < 4.78 is 5.34. The van der Waals surface area contributed by atoms with Crippen LogP contribution in [0.2, 0.25) is 0 Å². The average Bonchev–Trinajstić information content (AvgIpc) is 2.73. The van der Waals surface area contributed by atoms with Crippen LogP contribution in [0.3, 0.4) is 0 Å². The van der Waals surface area contributed by atoms with Crippen LogP contribution in [-0.2, 0) is 6.54 Å². The van der Waals surface area contributed by atoms with Gasteiger partial charge in [0.05, 0.1) is 18.3 Å². The summed E-state index contributed by atoms with van der Waals surface area (Å²) in [6.45, 7) is 4.17. The predicted octanol–water partition coefficient (Wildman–Crippen LogP) is 2.60. The zero-order chi connectivity index (χ0) is 13.1. The predicted molar refractivity (Wildman–Crippen MR) is 66.7 cm³/mol. The number of carbonyl (C=O) groups is 1. The van der Waals surface area contributed by atoms with Crippen LogP contribution in [0.4, 0.5) is 5.69 Å². The molecule has 0 radical (unpaired) electrons. The molecular formula is C13H14N2O3. The molecule has 1 aromatic carbocycles. The maximum atomic E-state index is 10.8. The number of rotatable bonds is 4. The van der Waals surface area contributed by atoms with Crippen LogP contribution in [0.25, 0.3) is 0 Å². The minimum absolute atomic E-state index is 0.282. The van der Waals surface area contributed by atoms with Crippen LogP contribution < -0.4 is 5.32 Å². The Morgan fingerprint density at radius 2 is 2.22 bits per heavy atom. The lowest BCUT2D eigenvalue weighted by molar-refractivity contribution is 0.0697. The van der Waals surface area contributed by atoms with Gasteiger partial charge < -0.3 is 14.8 Å². The van der Waals surface area contributed by atoms with Crippen molar-refractivity contribution in [3.05, 3.63) is 47.2 Å². The third kappa shape index (κ3) is 2.68. The van der Waals surface area contributed by atoms with Crippen molar-refractivity contribution < 1.29 is 14.3 Å². The van der Waals surface area contributed by atoms with E-state index >= 15 is 0 Å². The molecule has 0 amide bonds. The number of aromatic carboxylic acids is 1. The molecule has 2 aromatic rings. The standard InChI is InChI=1S/C13H14N2O3/c1-8-5-10(13(16)17)3-4-11(8)14-7-12-15-6-9(2)18-12/h3-6,14H,7H2,1-2H3,(H,16,17). The number of carboxylic acids is 1. The van der Waals surface area contributed by atoms with Crippen LogP contribution in [0.15, 0.2) is 28.8 Å². The van der Waals surface area contributed by atoms with Crippen LogP contribution >= 0.6 is 0 Å². The van der Waals surface area contributed by atoms with Gasteiger partial charge in [0, 0.05) is 5.69 Å². The summed E-state index contributed by atoms with van der Waals surface area (Å²) in [6.07, 6.45) is 1.66. The Hall–Kier alpha value is -2.30. The van der Waals surface area contributed by atoms with Crippen LogP contribution in [0.5, 0.6) is 0 Å². The average molecular weight is 246 g/mol. The van der Waals surface area contributed by atoms with Gasteiger partial charge in [0.15, 0.2) is 0 Å². The smallest absolute Gasteiger partial charge is 0.335 e. The second-order valence-electron chi connectivity index (χ2n) is 4.05. The minimum Gasteiger partial charge on any atom is -0.478 e. The molecule has 18 heavy (non-hydrogen) atoms. The molecule has 0 aliphatic heterocycles. The van der Waals surface area contributed by atoms with Gasteiger partial charge in [-0.1, -0.05) is 0 Å². The molecule has 2 N–H and O–H groups in total. The summed E-state index contributed by atoms with van der Waals surface area (Å²) in [5.74, 6) is 0.451. The first-order valence-corrected chi connectivity index (χ1v) is 5.55. The third-order valence-electron chi connectivity index (χ3n) is 2.57. The van der Waals surface area contributed by atoms with E-state index in [1.807, 2.05) is 13.8 Å². The van der Waals surface area contributed by atoms with E-state index in [1.165, 1.54) is 0 Å². The van der Waals surface area contributed by atoms with E-state index in [0.29, 0.717) is 12.4 Å². The highest BCUT2D eigenvalue weighted by Gasteiger charge is 2.06. The molecule has 0 aliphatic rings. The fourth-order valence-electron chi connectivity index (χ4n) is 1.65. The fraction of sp³-hybridized carbons (Fsp3) is 0.231. The van der Waals surface area contributed by atoms with Crippen molar-refractivity contribution in [1.82, 2.24) is 4.98 Å². The SMILES string of the molecule is Cc1cnc(CNc2ccc(C(=O)O)cc2C)o1. The molecule has 0 saturated carbocycles. The number of benzene rings is 1. The second kappa shape index (κ2) is 4.91. The Kier molecular flexibility index (Phi) is 3.32. The van der Waals surface area contributed by atoms with Crippen LogP contribution in [0, 0.1) is 13.8 Å². The Bertz CT molecular complexity index is 575. The molecular weight excluding hydrogens is 232 g/mol. The highest BCUT2D eigenvalue weighted by Crippen LogP contribution is 2.17. The Balaban J connectivity index is 2.08. The van der Waals surface area contributed by atoms with E-state index in [4.69, 9.17) is 9.52 Å². The lowest BCUT2D eigenvalue weighted by Gasteiger charge is -2.08. The maximum absolute atomic E-state index is 10.8. The van der Waals surface area contributed by atoms with E-state index < -0.39 is 5.97 Å². The quantitative estimate of drug-likeness (QED) is 0.867. The molecule has 0 spiro atoms. The molecule has 0 aliphatic carbocycles. The third-order valence-corrected chi connectivity index (χ3v) is 2.57. The van der Waals surface area contributed by atoms with Gasteiger partial charge in [0.25, 0.3) is 0 Å². The molecule has 0 atom stereocenters. The lowest BCUT2D eigenvalue weighted by Crippen LogP contribution is -2.03. The minimum atomic E-state index is -0.923. The van der Waals surface area contributed by atoms with E-state index in [0.717, 1.165) is 17.0 Å². The number of nitrogens with one attached hydrogen (secondary N) is 1. The molecule has 1 heterocycles. The molecule has 1 aromatic heterocycles. The topological polar surface area (TPSA) is 75.4 Å². The number of anilines is 1. The second-order valence-corrected chi connectivity index (χ2v) is 4.05. The molecule has 2 rings (SSSR count). The van der Waals surface area contributed by atoms with Crippen molar-refractivity contribution in [2.24, 2.45) is 0 Å². The summed E-state index contributed by atoms with van der Waals surface area (Å²) in [4.78, 5) is 14.9. The van der Waals surface area contributed by atoms with Gasteiger partial charge in [-0.05, 0) is 37.6 Å². The summed E-state index contributed by atoms with van der Waals surface area (Å²) in [5.41, 5.74) is 2.03. The van der Waals surface area contributed by atoms with Crippen LogP contribution in [0.1, 0.15) is 27.6 Å². The van der Waals surface area contributed by atoms with Crippen molar-refractivity contribution in [1.29, 1.82) is 0 Å². The Labute approximate surface area is 104 Å². The number of hydrogen-bond donors (Lipinski definition) is 2. The van der Waals surface area contributed by atoms with Gasteiger partial charge in [0.1, 0.15) is 5.76 Å². The van der Waals surface area contributed by atoms with Crippen molar-refractivity contribution in [2.45, 2.75) is 20.4 Å². The summed E-state index contributed by atoms with van der Waals surface area (Å²) >= 11 is 0. The normalized spacial score (nSPS) is 10.3. The number of hydrogen-bond acceptors (Lipinski definition) is 4. The first-order chi connectivity index (χ1) is 8.56. The van der Waals surface area contributed by atoms with Crippen molar-refractivity contribution >= 4 is 11.7 Å². The highest BCUT2D eigenvalue weighted by molar-refractivity contribution is 5.88. The first kappa shape index (κ1) is 12.2. The molecule has 0 bridgehead atoms. The van der Waals surface area contributed by atoms with Crippen molar-refractivity contribution in [3.63, 3.8) is 0 Å².